The second-order valence-corrected chi connectivity index (χ2v) is 6.17. The minimum atomic E-state index is -0.528. The molecular formula is C18H19N5O3. The van der Waals surface area contributed by atoms with Crippen molar-refractivity contribution in [2.45, 2.75) is 13.8 Å². The first-order valence-electron chi connectivity index (χ1n) is 8.16. The van der Waals surface area contributed by atoms with Crippen molar-refractivity contribution in [3.05, 3.63) is 54.5 Å². The zero-order chi connectivity index (χ0) is 18.5. The van der Waals surface area contributed by atoms with E-state index in [4.69, 9.17) is 4.74 Å². The van der Waals surface area contributed by atoms with Crippen LogP contribution in [0.2, 0.25) is 0 Å². The quantitative estimate of drug-likeness (QED) is 0.734. The van der Waals surface area contributed by atoms with E-state index >= 15 is 0 Å². The Morgan fingerprint density at radius 2 is 1.92 bits per heavy atom. The zero-order valence-corrected chi connectivity index (χ0v) is 14.5. The maximum atomic E-state index is 12.4. The highest BCUT2D eigenvalue weighted by molar-refractivity contribution is 6.04. The molecule has 3 aromatic rings. The van der Waals surface area contributed by atoms with Crippen molar-refractivity contribution in [2.75, 3.05) is 17.2 Å². The van der Waals surface area contributed by atoms with Crippen molar-refractivity contribution in [2.24, 2.45) is 5.92 Å². The average Bonchev–Trinajstić information content (AvgIpc) is 3.08. The van der Waals surface area contributed by atoms with E-state index in [9.17, 15) is 9.59 Å². The molecule has 0 unspecified atom stereocenters. The number of hydrogen-bond acceptors (Lipinski definition) is 5. The van der Waals surface area contributed by atoms with E-state index in [-0.39, 0.29) is 11.8 Å². The molecule has 0 radical (unpaired) electrons. The molecule has 26 heavy (non-hydrogen) atoms. The average molecular weight is 353 g/mol. The van der Waals surface area contributed by atoms with E-state index in [1.54, 1.807) is 47.0 Å². The fourth-order valence-electron chi connectivity index (χ4n) is 2.24. The number of ether oxygens (including phenoxy) is 1. The summed E-state index contributed by atoms with van der Waals surface area (Å²) in [5.41, 5.74) is 2.21. The molecular weight excluding hydrogens is 334 g/mol. The van der Waals surface area contributed by atoms with Crippen molar-refractivity contribution in [3.63, 3.8) is 0 Å². The normalized spacial score (nSPS) is 10.7. The molecule has 0 aliphatic carbocycles. The minimum absolute atomic E-state index is 0.259. The Kier molecular flexibility index (Phi) is 5.12. The van der Waals surface area contributed by atoms with E-state index in [0.29, 0.717) is 29.2 Å². The van der Waals surface area contributed by atoms with Gasteiger partial charge >= 0.3 is 6.09 Å². The summed E-state index contributed by atoms with van der Waals surface area (Å²) in [7, 11) is 0. The Bertz CT molecular complexity index is 935. The molecule has 3 rings (SSSR count). The molecule has 1 aromatic carbocycles. The Morgan fingerprint density at radius 1 is 1.15 bits per heavy atom. The number of benzene rings is 1. The molecule has 0 atom stereocenters. The molecule has 0 fully saturated rings. The lowest BCUT2D eigenvalue weighted by atomic mass is 10.2. The number of anilines is 2. The Morgan fingerprint density at radius 3 is 2.69 bits per heavy atom. The van der Waals surface area contributed by atoms with Gasteiger partial charge in [0.25, 0.3) is 5.91 Å². The summed E-state index contributed by atoms with van der Waals surface area (Å²) in [4.78, 5) is 24.1. The van der Waals surface area contributed by atoms with Crippen LogP contribution >= 0.6 is 0 Å². The molecule has 2 aromatic heterocycles. The summed E-state index contributed by atoms with van der Waals surface area (Å²) in [6, 6.07) is 10.2. The van der Waals surface area contributed by atoms with Crippen molar-refractivity contribution < 1.29 is 14.3 Å². The van der Waals surface area contributed by atoms with Crippen molar-refractivity contribution in [3.8, 4) is 0 Å². The van der Waals surface area contributed by atoms with Gasteiger partial charge in [-0.15, -0.1) is 10.2 Å². The fourth-order valence-corrected chi connectivity index (χ4v) is 2.24. The maximum Gasteiger partial charge on any atom is 0.411 e. The first kappa shape index (κ1) is 17.4. The molecule has 0 spiro atoms. The number of rotatable bonds is 5. The van der Waals surface area contributed by atoms with Crippen LogP contribution in [0.5, 0.6) is 0 Å². The van der Waals surface area contributed by atoms with Gasteiger partial charge in [0.1, 0.15) is 6.33 Å². The molecule has 134 valence electrons. The number of aromatic nitrogens is 3. The third-order valence-corrected chi connectivity index (χ3v) is 3.47. The molecule has 8 heteroatoms. The first-order chi connectivity index (χ1) is 12.5. The number of fused-ring (bicyclic) bond motifs is 1. The van der Waals surface area contributed by atoms with Crippen LogP contribution in [-0.4, -0.2) is 33.2 Å². The number of hydrogen-bond donors (Lipinski definition) is 2. The SMILES string of the molecule is CC(C)COC(=O)Nc1cccc(NC(=O)c2ccc3nncn3c2)c1. The van der Waals surface area contributed by atoms with E-state index in [1.807, 2.05) is 13.8 Å². The Balaban J connectivity index is 1.66. The highest BCUT2D eigenvalue weighted by Crippen LogP contribution is 2.17. The smallest absolute Gasteiger partial charge is 0.411 e. The van der Waals surface area contributed by atoms with Crippen LogP contribution in [-0.2, 0) is 4.74 Å². The second kappa shape index (κ2) is 7.64. The second-order valence-electron chi connectivity index (χ2n) is 6.17. The summed E-state index contributed by atoms with van der Waals surface area (Å²) >= 11 is 0. The summed E-state index contributed by atoms with van der Waals surface area (Å²) in [5.74, 6) is -0.0189. The van der Waals surface area contributed by atoms with Crippen LogP contribution < -0.4 is 10.6 Å². The molecule has 8 nitrogen and oxygen atoms in total. The van der Waals surface area contributed by atoms with Crippen LogP contribution in [0.15, 0.2) is 48.9 Å². The molecule has 2 heterocycles. The third-order valence-electron chi connectivity index (χ3n) is 3.47. The van der Waals surface area contributed by atoms with Crippen molar-refractivity contribution in [1.29, 1.82) is 0 Å². The largest absolute Gasteiger partial charge is 0.449 e. The van der Waals surface area contributed by atoms with Gasteiger partial charge in [-0.1, -0.05) is 19.9 Å². The van der Waals surface area contributed by atoms with Gasteiger partial charge in [-0.05, 0) is 36.2 Å². The monoisotopic (exact) mass is 353 g/mol. The number of nitrogens with one attached hydrogen (secondary N) is 2. The zero-order valence-electron chi connectivity index (χ0n) is 14.5. The number of pyridine rings is 1. The van der Waals surface area contributed by atoms with Crippen LogP contribution in [0.4, 0.5) is 16.2 Å². The van der Waals surface area contributed by atoms with Gasteiger partial charge in [-0.2, -0.15) is 0 Å². The van der Waals surface area contributed by atoms with Gasteiger partial charge in [0.05, 0.1) is 12.2 Å². The van der Waals surface area contributed by atoms with E-state index in [0.717, 1.165) is 0 Å². The number of nitrogens with zero attached hydrogens (tertiary/aromatic N) is 3. The summed E-state index contributed by atoms with van der Waals surface area (Å²) in [5, 5.41) is 13.1. The highest BCUT2D eigenvalue weighted by Gasteiger charge is 2.09. The lowest BCUT2D eigenvalue weighted by Crippen LogP contribution is -2.17. The Hall–Kier alpha value is -3.42. The van der Waals surface area contributed by atoms with Gasteiger partial charge in [-0.3, -0.25) is 14.5 Å². The van der Waals surface area contributed by atoms with Crippen LogP contribution in [0.25, 0.3) is 5.65 Å². The minimum Gasteiger partial charge on any atom is -0.449 e. The van der Waals surface area contributed by atoms with Crippen molar-refractivity contribution >= 4 is 29.0 Å². The van der Waals surface area contributed by atoms with Gasteiger partial charge in [0.2, 0.25) is 0 Å². The number of carbonyl (C=O) groups excluding carboxylic acids is 2. The fraction of sp³-hybridized carbons (Fsp3) is 0.222. The van der Waals surface area contributed by atoms with Gasteiger partial charge in [-0.25, -0.2) is 4.79 Å². The summed E-state index contributed by atoms with van der Waals surface area (Å²) in [6.07, 6.45) is 2.65. The highest BCUT2D eigenvalue weighted by atomic mass is 16.5. The first-order valence-corrected chi connectivity index (χ1v) is 8.16. The third kappa shape index (κ3) is 4.35. The van der Waals surface area contributed by atoms with E-state index in [1.165, 1.54) is 6.33 Å². The predicted molar refractivity (Wildman–Crippen MR) is 97.2 cm³/mol. The lowest BCUT2D eigenvalue weighted by Gasteiger charge is -2.10. The van der Waals surface area contributed by atoms with E-state index in [2.05, 4.69) is 20.8 Å². The topological polar surface area (TPSA) is 97.6 Å². The molecule has 2 N–H and O–H groups in total. The molecule has 0 bridgehead atoms. The van der Waals surface area contributed by atoms with E-state index < -0.39 is 6.09 Å². The standard InChI is InChI=1S/C18H19N5O3/c1-12(2)10-26-18(25)21-15-5-3-4-14(8-15)20-17(24)13-6-7-16-22-19-11-23(16)9-13/h3-9,11-12H,10H2,1-2H3,(H,20,24)(H,21,25). The molecule has 0 saturated carbocycles. The summed E-state index contributed by atoms with van der Waals surface area (Å²) < 4.78 is 6.74. The molecule has 0 aliphatic heterocycles. The molecule has 2 amide bonds. The summed E-state index contributed by atoms with van der Waals surface area (Å²) in [6.45, 7) is 4.26. The van der Waals surface area contributed by atoms with Gasteiger partial charge in [0.15, 0.2) is 5.65 Å². The lowest BCUT2D eigenvalue weighted by molar-refractivity contribution is 0.102. The predicted octanol–water partition coefficient (Wildman–Crippen LogP) is 3.19. The number of carbonyl (C=O) groups is 2. The molecule has 0 saturated heterocycles. The van der Waals surface area contributed by atoms with Gasteiger partial charge < -0.3 is 10.1 Å². The Labute approximate surface area is 150 Å². The van der Waals surface area contributed by atoms with Crippen molar-refractivity contribution in [1.82, 2.24) is 14.6 Å². The van der Waals surface area contributed by atoms with Crippen LogP contribution in [0, 0.1) is 5.92 Å². The van der Waals surface area contributed by atoms with Crippen LogP contribution in [0.3, 0.4) is 0 Å². The maximum absolute atomic E-state index is 12.4. The molecule has 0 aliphatic rings. The van der Waals surface area contributed by atoms with Gasteiger partial charge in [0, 0.05) is 17.6 Å². The van der Waals surface area contributed by atoms with Crippen LogP contribution in [0.1, 0.15) is 24.2 Å². The number of amides is 2.